The Morgan fingerprint density at radius 3 is 2.67 bits per heavy atom. The normalized spacial score (nSPS) is 20.1. The van der Waals surface area contributed by atoms with Crippen molar-refractivity contribution >= 4 is 17.0 Å². The van der Waals surface area contributed by atoms with E-state index in [0.717, 1.165) is 5.16 Å². The van der Waals surface area contributed by atoms with Crippen LogP contribution in [-0.2, 0) is 0 Å². The summed E-state index contributed by atoms with van der Waals surface area (Å²) in [5.41, 5.74) is 1.28. The van der Waals surface area contributed by atoms with Crippen LogP contribution in [0.1, 0.15) is 5.56 Å². The summed E-state index contributed by atoms with van der Waals surface area (Å²) in [5, 5.41) is 3.07. The molecule has 1 aliphatic rings. The van der Waals surface area contributed by atoms with Crippen LogP contribution in [0.5, 0.6) is 0 Å². The lowest BCUT2D eigenvalue weighted by Gasteiger charge is -2.12. The van der Waals surface area contributed by atoms with Gasteiger partial charge in [0.2, 0.25) is 0 Å². The minimum absolute atomic E-state index is 0.499. The van der Waals surface area contributed by atoms with E-state index in [1.807, 2.05) is 0 Å². The third-order valence-corrected chi connectivity index (χ3v) is 4.33. The minimum atomic E-state index is -0.499. The fraction of sp³-hybridized carbons (Fsp3) is 0. The molecule has 1 aromatic heterocycles. The molecule has 1 unspecified atom stereocenters. The number of benzene rings is 1. The van der Waals surface area contributed by atoms with Gasteiger partial charge in [0.05, 0.1) is 0 Å². The maximum Gasteiger partial charge on any atom is 0.178 e. The summed E-state index contributed by atoms with van der Waals surface area (Å²) in [6.07, 6.45) is 5.25. The monoisotopic (exact) mass is 215 g/mol. The molecular formula is C11H9N3S. The van der Waals surface area contributed by atoms with Crippen LogP contribution in [-0.4, -0.2) is 15.0 Å². The predicted octanol–water partition coefficient (Wildman–Crippen LogP) is 2.28. The molecule has 2 heterocycles. The maximum absolute atomic E-state index is 4.21. The number of fused-ring (bicyclic) bond motifs is 1. The van der Waals surface area contributed by atoms with Crippen LogP contribution in [0.25, 0.3) is 6.08 Å². The van der Waals surface area contributed by atoms with Gasteiger partial charge in [-0.3, -0.25) is 0 Å². The number of thiol groups is 1. The molecule has 1 aromatic carbocycles. The molecule has 0 radical (unpaired) electrons. The first-order valence-corrected chi connectivity index (χ1v) is 6.05. The highest BCUT2D eigenvalue weighted by molar-refractivity contribution is 8.20. The van der Waals surface area contributed by atoms with E-state index in [9.17, 15) is 0 Å². The highest BCUT2D eigenvalue weighted by Crippen LogP contribution is 2.49. The smallest absolute Gasteiger partial charge is 0.178 e. The topological polar surface area (TPSA) is 38.7 Å². The Hall–Kier alpha value is -1.68. The van der Waals surface area contributed by atoms with Gasteiger partial charge in [0, 0.05) is 4.90 Å². The first-order valence-electron chi connectivity index (χ1n) is 4.63. The van der Waals surface area contributed by atoms with Crippen molar-refractivity contribution in [1.29, 1.82) is 0 Å². The third-order valence-electron chi connectivity index (χ3n) is 2.29. The molecule has 0 N–H and O–H groups in total. The van der Waals surface area contributed by atoms with Crippen LogP contribution in [0.3, 0.4) is 0 Å². The Balaban J connectivity index is 2.09. The highest BCUT2D eigenvalue weighted by Gasteiger charge is 2.16. The van der Waals surface area contributed by atoms with Crippen LogP contribution < -0.4 is 0 Å². The minimum Gasteiger partial charge on any atom is -0.225 e. The van der Waals surface area contributed by atoms with E-state index in [1.54, 1.807) is 12.7 Å². The summed E-state index contributed by atoms with van der Waals surface area (Å²) in [6, 6.07) is 8.37. The van der Waals surface area contributed by atoms with Crippen molar-refractivity contribution in [3.05, 3.63) is 47.9 Å². The van der Waals surface area contributed by atoms with Gasteiger partial charge in [-0.2, -0.15) is 0 Å². The van der Waals surface area contributed by atoms with Crippen molar-refractivity contribution in [1.82, 2.24) is 15.0 Å². The summed E-state index contributed by atoms with van der Waals surface area (Å²) in [6.45, 7) is 0. The molecular weight excluding hydrogens is 206 g/mol. The Morgan fingerprint density at radius 2 is 1.80 bits per heavy atom. The molecule has 74 valence electrons. The van der Waals surface area contributed by atoms with Gasteiger partial charge >= 0.3 is 0 Å². The molecule has 0 spiro atoms. The molecule has 1 aliphatic heterocycles. The Bertz CT molecular complexity index is 510. The van der Waals surface area contributed by atoms with E-state index >= 15 is 0 Å². The molecule has 0 saturated carbocycles. The zero-order chi connectivity index (χ0) is 10.1. The molecule has 1 atom stereocenters. The van der Waals surface area contributed by atoms with Gasteiger partial charge in [-0.1, -0.05) is 18.2 Å². The second-order valence-corrected chi connectivity index (χ2v) is 5.10. The number of hydrogen-bond acceptors (Lipinski definition) is 3. The standard InChI is InChI=1S/C11H9N3S/c1-2-4-10-9(3-1)5-6-15(10)11-13-7-12-8-14-11/h1-8,15H. The van der Waals surface area contributed by atoms with E-state index in [2.05, 4.69) is 50.7 Å². The second kappa shape index (κ2) is 3.47. The largest absolute Gasteiger partial charge is 0.225 e. The number of nitrogens with zero attached hydrogens (tertiary/aromatic N) is 3. The molecule has 2 aromatic rings. The Morgan fingerprint density at radius 1 is 1.00 bits per heavy atom. The van der Waals surface area contributed by atoms with Crippen molar-refractivity contribution in [2.45, 2.75) is 10.1 Å². The van der Waals surface area contributed by atoms with Gasteiger partial charge in [-0.05, 0) is 23.1 Å². The van der Waals surface area contributed by atoms with E-state index in [-0.39, 0.29) is 0 Å². The van der Waals surface area contributed by atoms with Gasteiger partial charge < -0.3 is 0 Å². The van der Waals surface area contributed by atoms with Crippen molar-refractivity contribution in [2.75, 3.05) is 0 Å². The second-order valence-electron chi connectivity index (χ2n) is 3.18. The first-order chi connectivity index (χ1) is 7.45. The summed E-state index contributed by atoms with van der Waals surface area (Å²) in [5.74, 6) is 0. The van der Waals surface area contributed by atoms with Gasteiger partial charge in [0.15, 0.2) is 5.16 Å². The van der Waals surface area contributed by atoms with Crippen molar-refractivity contribution < 1.29 is 0 Å². The number of rotatable bonds is 1. The third kappa shape index (κ3) is 1.43. The van der Waals surface area contributed by atoms with Crippen LogP contribution in [0, 0.1) is 0 Å². The predicted molar refractivity (Wildman–Crippen MR) is 60.8 cm³/mol. The number of hydrogen-bond donors (Lipinski definition) is 1. The van der Waals surface area contributed by atoms with Gasteiger partial charge in [0.1, 0.15) is 12.7 Å². The molecule has 0 amide bonds. The SMILES string of the molecule is C1=C[SH](c2ncncn2)c2ccccc21. The van der Waals surface area contributed by atoms with Crippen LogP contribution in [0.15, 0.2) is 52.4 Å². The summed E-state index contributed by atoms with van der Waals surface area (Å²) < 4.78 is 0. The molecule has 0 saturated heterocycles. The molecule has 4 heteroatoms. The summed E-state index contributed by atoms with van der Waals surface area (Å²) >= 11 is 0. The molecule has 3 rings (SSSR count). The van der Waals surface area contributed by atoms with E-state index in [4.69, 9.17) is 0 Å². The lowest BCUT2D eigenvalue weighted by Crippen LogP contribution is -1.90. The number of aromatic nitrogens is 3. The van der Waals surface area contributed by atoms with Crippen LogP contribution in [0.2, 0.25) is 0 Å². The molecule has 15 heavy (non-hydrogen) atoms. The van der Waals surface area contributed by atoms with Gasteiger partial charge in [-0.15, -0.1) is 10.9 Å². The van der Waals surface area contributed by atoms with Crippen LogP contribution in [0.4, 0.5) is 0 Å². The van der Waals surface area contributed by atoms with E-state index < -0.39 is 10.9 Å². The Kier molecular flexibility index (Phi) is 1.99. The van der Waals surface area contributed by atoms with Crippen molar-refractivity contribution in [3.8, 4) is 0 Å². The zero-order valence-corrected chi connectivity index (χ0v) is 8.80. The fourth-order valence-electron chi connectivity index (χ4n) is 1.61. The Labute approximate surface area is 90.3 Å². The highest BCUT2D eigenvalue weighted by atomic mass is 32.2. The summed E-state index contributed by atoms with van der Waals surface area (Å²) in [7, 11) is -0.499. The van der Waals surface area contributed by atoms with Crippen molar-refractivity contribution in [3.63, 3.8) is 0 Å². The lowest BCUT2D eigenvalue weighted by atomic mass is 10.2. The summed E-state index contributed by atoms with van der Waals surface area (Å²) in [4.78, 5) is 13.6. The van der Waals surface area contributed by atoms with Gasteiger partial charge in [0.25, 0.3) is 0 Å². The first kappa shape index (κ1) is 8.61. The zero-order valence-electron chi connectivity index (χ0n) is 7.91. The van der Waals surface area contributed by atoms with Gasteiger partial charge in [-0.25, -0.2) is 15.0 Å². The lowest BCUT2D eigenvalue weighted by molar-refractivity contribution is 0.899. The van der Waals surface area contributed by atoms with E-state index in [0.29, 0.717) is 0 Å². The quantitative estimate of drug-likeness (QED) is 0.742. The maximum atomic E-state index is 4.21. The fourth-order valence-corrected chi connectivity index (χ4v) is 3.46. The van der Waals surface area contributed by atoms with Crippen molar-refractivity contribution in [2.24, 2.45) is 0 Å². The molecule has 0 bridgehead atoms. The molecule has 0 fully saturated rings. The van der Waals surface area contributed by atoms with E-state index in [1.165, 1.54) is 10.5 Å². The van der Waals surface area contributed by atoms with Crippen LogP contribution >= 0.6 is 10.9 Å². The average molecular weight is 215 g/mol. The molecule has 0 aliphatic carbocycles. The molecule has 3 nitrogen and oxygen atoms in total. The average Bonchev–Trinajstić information content (AvgIpc) is 2.74.